The smallest absolute Gasteiger partial charge is 0.282 e. The van der Waals surface area contributed by atoms with Gasteiger partial charge in [-0.3, -0.25) is 14.9 Å². The van der Waals surface area contributed by atoms with E-state index >= 15 is 0 Å². The lowest BCUT2D eigenvalue weighted by atomic mass is 10.1. The molecule has 1 aromatic carbocycles. The van der Waals surface area contributed by atoms with E-state index in [1.807, 2.05) is 13.8 Å². The standard InChI is InChI=1S/C15H21FN2O3/c1-4-5-6-9-17(11(2)3)15(19)13-10-12(16)7-8-14(13)18(20)21/h7-8,10-11H,4-6,9H2,1-3H3. The van der Waals surface area contributed by atoms with Gasteiger partial charge in [0.05, 0.1) is 4.92 Å². The molecule has 0 aliphatic heterocycles. The molecule has 1 rings (SSSR count). The van der Waals surface area contributed by atoms with Gasteiger partial charge < -0.3 is 4.90 Å². The van der Waals surface area contributed by atoms with Gasteiger partial charge in [0, 0.05) is 18.7 Å². The van der Waals surface area contributed by atoms with Gasteiger partial charge in [0.2, 0.25) is 0 Å². The molecule has 0 spiro atoms. The molecule has 0 aromatic heterocycles. The van der Waals surface area contributed by atoms with Crippen LogP contribution >= 0.6 is 0 Å². The number of carbonyl (C=O) groups is 1. The lowest BCUT2D eigenvalue weighted by molar-refractivity contribution is -0.385. The molecule has 1 aromatic rings. The predicted molar refractivity (Wildman–Crippen MR) is 78.8 cm³/mol. The number of benzene rings is 1. The summed E-state index contributed by atoms with van der Waals surface area (Å²) < 4.78 is 13.3. The molecule has 0 unspecified atom stereocenters. The third-order valence-electron chi connectivity index (χ3n) is 3.27. The molecule has 0 saturated carbocycles. The van der Waals surface area contributed by atoms with Gasteiger partial charge in [-0.1, -0.05) is 19.8 Å². The highest BCUT2D eigenvalue weighted by Crippen LogP contribution is 2.22. The van der Waals surface area contributed by atoms with Crippen molar-refractivity contribution in [2.45, 2.75) is 46.1 Å². The van der Waals surface area contributed by atoms with Crippen LogP contribution in [0.5, 0.6) is 0 Å². The summed E-state index contributed by atoms with van der Waals surface area (Å²) in [7, 11) is 0. The number of nitro groups is 1. The van der Waals surface area contributed by atoms with Crippen molar-refractivity contribution in [1.82, 2.24) is 4.90 Å². The van der Waals surface area contributed by atoms with Crippen molar-refractivity contribution < 1.29 is 14.1 Å². The summed E-state index contributed by atoms with van der Waals surface area (Å²) >= 11 is 0. The molecule has 0 atom stereocenters. The molecule has 0 N–H and O–H groups in total. The third kappa shape index (κ3) is 4.51. The highest BCUT2D eigenvalue weighted by atomic mass is 19.1. The molecule has 1 amide bonds. The summed E-state index contributed by atoms with van der Waals surface area (Å²) in [5, 5.41) is 11.0. The summed E-state index contributed by atoms with van der Waals surface area (Å²) in [6, 6.07) is 2.87. The van der Waals surface area contributed by atoms with Gasteiger partial charge in [0.15, 0.2) is 0 Å². The van der Waals surface area contributed by atoms with Gasteiger partial charge >= 0.3 is 0 Å². The van der Waals surface area contributed by atoms with Gasteiger partial charge in [-0.05, 0) is 32.4 Å². The second-order valence-electron chi connectivity index (χ2n) is 5.22. The van der Waals surface area contributed by atoms with E-state index in [-0.39, 0.29) is 17.3 Å². The molecule has 0 bridgehead atoms. The first-order valence-corrected chi connectivity index (χ1v) is 7.13. The van der Waals surface area contributed by atoms with Crippen LogP contribution in [0.25, 0.3) is 0 Å². The van der Waals surface area contributed by atoms with Crippen molar-refractivity contribution in [2.75, 3.05) is 6.54 Å². The molecule has 0 aliphatic rings. The topological polar surface area (TPSA) is 63.5 Å². The van der Waals surface area contributed by atoms with E-state index in [1.54, 1.807) is 4.90 Å². The molecule has 5 nitrogen and oxygen atoms in total. The van der Waals surface area contributed by atoms with Crippen LogP contribution in [0.15, 0.2) is 18.2 Å². The summed E-state index contributed by atoms with van der Waals surface area (Å²) in [6.45, 7) is 6.25. The number of nitrogens with zero attached hydrogens (tertiary/aromatic N) is 2. The Morgan fingerprint density at radius 3 is 2.57 bits per heavy atom. The van der Waals surface area contributed by atoms with Crippen molar-refractivity contribution in [2.24, 2.45) is 0 Å². The lowest BCUT2D eigenvalue weighted by Gasteiger charge is -2.26. The number of carbonyl (C=O) groups excluding carboxylic acids is 1. The van der Waals surface area contributed by atoms with E-state index in [1.165, 1.54) is 0 Å². The fourth-order valence-electron chi connectivity index (χ4n) is 2.12. The van der Waals surface area contributed by atoms with E-state index in [2.05, 4.69) is 6.92 Å². The minimum atomic E-state index is -0.656. The highest BCUT2D eigenvalue weighted by Gasteiger charge is 2.26. The van der Waals surface area contributed by atoms with Crippen LogP contribution in [0.4, 0.5) is 10.1 Å². The third-order valence-corrected chi connectivity index (χ3v) is 3.27. The summed E-state index contributed by atoms with van der Waals surface area (Å²) in [5.74, 6) is -1.14. The predicted octanol–water partition coefficient (Wildman–Crippen LogP) is 3.77. The maximum atomic E-state index is 13.3. The molecular formula is C15H21FN2O3. The second kappa shape index (κ2) is 7.71. The zero-order chi connectivity index (χ0) is 16.0. The average molecular weight is 296 g/mol. The van der Waals surface area contributed by atoms with Crippen molar-refractivity contribution in [3.05, 3.63) is 39.7 Å². The summed E-state index contributed by atoms with van der Waals surface area (Å²) in [4.78, 5) is 24.4. The first-order chi connectivity index (χ1) is 9.88. The normalized spacial score (nSPS) is 10.7. The Kier molecular flexibility index (Phi) is 6.27. The Bertz CT molecular complexity index is 518. The van der Waals surface area contributed by atoms with Crippen molar-refractivity contribution in [3.63, 3.8) is 0 Å². The van der Waals surface area contributed by atoms with Crippen molar-refractivity contribution in [3.8, 4) is 0 Å². The Hall–Kier alpha value is -1.98. The molecular weight excluding hydrogens is 275 g/mol. The molecule has 0 heterocycles. The van der Waals surface area contributed by atoms with Crippen molar-refractivity contribution in [1.29, 1.82) is 0 Å². The largest absolute Gasteiger partial charge is 0.336 e. The van der Waals surface area contributed by atoms with E-state index in [9.17, 15) is 19.3 Å². The fraction of sp³-hybridized carbons (Fsp3) is 0.533. The SMILES string of the molecule is CCCCCN(C(=O)c1cc(F)ccc1[N+](=O)[O-])C(C)C. The van der Waals surface area contributed by atoms with Gasteiger partial charge in [-0.2, -0.15) is 0 Å². The van der Waals surface area contributed by atoms with E-state index in [0.29, 0.717) is 6.54 Å². The quantitative estimate of drug-likeness (QED) is 0.437. The van der Waals surface area contributed by atoms with Gasteiger partial charge in [0.25, 0.3) is 11.6 Å². The fourth-order valence-corrected chi connectivity index (χ4v) is 2.12. The monoisotopic (exact) mass is 296 g/mol. The van der Waals surface area contributed by atoms with Gasteiger partial charge in [0.1, 0.15) is 11.4 Å². The van der Waals surface area contributed by atoms with Crippen LogP contribution in [0, 0.1) is 15.9 Å². The summed E-state index contributed by atoms with van der Waals surface area (Å²) in [5.41, 5.74) is -0.548. The Morgan fingerprint density at radius 1 is 1.38 bits per heavy atom. The molecule has 21 heavy (non-hydrogen) atoms. The Morgan fingerprint density at radius 2 is 2.05 bits per heavy atom. The Labute approximate surface area is 123 Å². The number of halogens is 1. The van der Waals surface area contributed by atoms with Crippen LogP contribution in [0.3, 0.4) is 0 Å². The Balaban J connectivity index is 3.08. The zero-order valence-electron chi connectivity index (χ0n) is 12.6. The number of unbranched alkanes of at least 4 members (excludes halogenated alkanes) is 2. The van der Waals surface area contributed by atoms with Crippen LogP contribution in [-0.2, 0) is 0 Å². The van der Waals surface area contributed by atoms with Gasteiger partial charge in [-0.25, -0.2) is 4.39 Å². The van der Waals surface area contributed by atoms with E-state index in [4.69, 9.17) is 0 Å². The van der Waals surface area contributed by atoms with Crippen LogP contribution in [-0.4, -0.2) is 28.3 Å². The first-order valence-electron chi connectivity index (χ1n) is 7.13. The number of rotatable bonds is 7. The van der Waals surface area contributed by atoms with Crippen LogP contribution < -0.4 is 0 Å². The van der Waals surface area contributed by atoms with E-state index in [0.717, 1.165) is 37.5 Å². The van der Waals surface area contributed by atoms with Crippen molar-refractivity contribution >= 4 is 11.6 Å². The minimum Gasteiger partial charge on any atom is -0.336 e. The minimum absolute atomic E-state index is 0.0998. The number of hydrogen-bond donors (Lipinski definition) is 0. The molecule has 0 aliphatic carbocycles. The van der Waals surface area contributed by atoms with E-state index < -0.39 is 16.6 Å². The lowest BCUT2D eigenvalue weighted by Crippen LogP contribution is -2.38. The molecule has 0 fully saturated rings. The number of amides is 1. The first kappa shape index (κ1) is 17.1. The molecule has 116 valence electrons. The number of nitro benzene ring substituents is 1. The van der Waals surface area contributed by atoms with Gasteiger partial charge in [-0.15, -0.1) is 0 Å². The van der Waals surface area contributed by atoms with Crippen LogP contribution in [0.1, 0.15) is 50.4 Å². The maximum absolute atomic E-state index is 13.3. The molecule has 0 radical (unpaired) electrons. The average Bonchev–Trinajstić information content (AvgIpc) is 2.42. The summed E-state index contributed by atoms with van der Waals surface area (Å²) in [6.07, 6.45) is 2.81. The van der Waals surface area contributed by atoms with Crippen LogP contribution in [0.2, 0.25) is 0 Å². The maximum Gasteiger partial charge on any atom is 0.282 e. The zero-order valence-corrected chi connectivity index (χ0v) is 12.6. The number of hydrogen-bond acceptors (Lipinski definition) is 3. The molecule has 0 saturated heterocycles. The molecule has 6 heteroatoms. The second-order valence-corrected chi connectivity index (χ2v) is 5.22. The highest BCUT2D eigenvalue weighted by molar-refractivity contribution is 5.98.